The number of sulfonamides is 1. The van der Waals surface area contributed by atoms with Crippen LogP contribution in [0.1, 0.15) is 0 Å². The van der Waals surface area contributed by atoms with Gasteiger partial charge in [-0.3, -0.25) is 0 Å². The van der Waals surface area contributed by atoms with Crippen molar-refractivity contribution in [2.45, 2.75) is 4.90 Å². The summed E-state index contributed by atoms with van der Waals surface area (Å²) >= 11 is 0. The van der Waals surface area contributed by atoms with Crippen LogP contribution in [0.5, 0.6) is 0 Å². The highest BCUT2D eigenvalue weighted by Crippen LogP contribution is 2.23. The molecule has 27 heavy (non-hydrogen) atoms. The van der Waals surface area contributed by atoms with E-state index in [1.165, 1.54) is 4.31 Å². The van der Waals surface area contributed by atoms with Crippen molar-refractivity contribution in [1.29, 1.82) is 0 Å². The van der Waals surface area contributed by atoms with Gasteiger partial charge in [-0.1, -0.05) is 30.3 Å². The Bertz CT molecular complexity index is 933. The molecule has 2 aromatic rings. The summed E-state index contributed by atoms with van der Waals surface area (Å²) in [5.41, 5.74) is 0. The zero-order valence-electron chi connectivity index (χ0n) is 15.1. The Kier molecular flexibility index (Phi) is 5.03. The van der Waals surface area contributed by atoms with E-state index in [1.54, 1.807) is 21.9 Å². The Morgan fingerprint density at radius 2 is 1.44 bits per heavy atom. The number of hydrogen-bond donors (Lipinski definition) is 0. The average Bonchev–Trinajstić information content (AvgIpc) is 2.73. The van der Waals surface area contributed by atoms with Crippen molar-refractivity contribution in [2.24, 2.45) is 0 Å². The standard InChI is InChI=1S/C19H23N3O4S/c23-19(21-11-13-26-14-12-21)20-7-9-22(10-8-20)27(24,25)18-6-5-16-3-1-2-4-17(16)15-18/h1-6,15H,7-14H2. The monoisotopic (exact) mass is 389 g/mol. The Labute approximate surface area is 159 Å². The first kappa shape index (κ1) is 18.2. The number of amides is 2. The van der Waals surface area contributed by atoms with E-state index in [-0.39, 0.29) is 6.03 Å². The second kappa shape index (κ2) is 7.46. The Balaban J connectivity index is 1.45. The normalized spacial score (nSPS) is 19.4. The third kappa shape index (κ3) is 3.65. The quantitative estimate of drug-likeness (QED) is 0.782. The van der Waals surface area contributed by atoms with Crippen LogP contribution in [0.2, 0.25) is 0 Å². The van der Waals surface area contributed by atoms with Gasteiger partial charge in [0.05, 0.1) is 18.1 Å². The number of piperazine rings is 1. The summed E-state index contributed by atoms with van der Waals surface area (Å²) in [5.74, 6) is 0. The molecule has 0 radical (unpaired) electrons. The minimum absolute atomic E-state index is 0.0268. The molecule has 0 spiro atoms. The molecule has 0 atom stereocenters. The van der Waals surface area contributed by atoms with Gasteiger partial charge < -0.3 is 14.5 Å². The van der Waals surface area contributed by atoms with Gasteiger partial charge in [0, 0.05) is 39.3 Å². The lowest BCUT2D eigenvalue weighted by molar-refractivity contribution is 0.0405. The van der Waals surface area contributed by atoms with E-state index < -0.39 is 10.0 Å². The smallest absolute Gasteiger partial charge is 0.320 e. The molecule has 2 aromatic carbocycles. The molecule has 2 aliphatic heterocycles. The topological polar surface area (TPSA) is 70.2 Å². The molecule has 8 heteroatoms. The van der Waals surface area contributed by atoms with Crippen LogP contribution in [-0.4, -0.2) is 81.0 Å². The molecule has 2 fully saturated rings. The lowest BCUT2D eigenvalue weighted by Gasteiger charge is -2.38. The van der Waals surface area contributed by atoms with Crippen LogP contribution < -0.4 is 0 Å². The van der Waals surface area contributed by atoms with Crippen LogP contribution >= 0.6 is 0 Å². The van der Waals surface area contributed by atoms with Gasteiger partial charge in [0.15, 0.2) is 0 Å². The van der Waals surface area contributed by atoms with Crippen LogP contribution in [0.3, 0.4) is 0 Å². The van der Waals surface area contributed by atoms with Crippen molar-refractivity contribution in [2.75, 3.05) is 52.5 Å². The maximum absolute atomic E-state index is 13.0. The third-order valence-corrected chi connectivity index (χ3v) is 7.04. The number of carbonyl (C=O) groups excluding carboxylic acids is 1. The van der Waals surface area contributed by atoms with Crippen molar-refractivity contribution in [3.8, 4) is 0 Å². The van der Waals surface area contributed by atoms with Gasteiger partial charge >= 0.3 is 6.03 Å². The molecular weight excluding hydrogens is 366 g/mol. The van der Waals surface area contributed by atoms with Crippen molar-refractivity contribution in [3.63, 3.8) is 0 Å². The highest BCUT2D eigenvalue weighted by molar-refractivity contribution is 7.89. The first-order valence-electron chi connectivity index (χ1n) is 9.16. The summed E-state index contributed by atoms with van der Waals surface area (Å²) in [6.07, 6.45) is 0. The molecule has 2 heterocycles. The average molecular weight is 389 g/mol. The predicted molar refractivity (Wildman–Crippen MR) is 102 cm³/mol. The number of benzene rings is 2. The molecule has 0 N–H and O–H groups in total. The molecular formula is C19H23N3O4S. The lowest BCUT2D eigenvalue weighted by atomic mass is 10.1. The van der Waals surface area contributed by atoms with Gasteiger partial charge in [-0.05, 0) is 22.9 Å². The summed E-state index contributed by atoms with van der Waals surface area (Å²) in [5, 5.41) is 1.91. The van der Waals surface area contributed by atoms with Gasteiger partial charge in [-0.25, -0.2) is 13.2 Å². The third-order valence-electron chi connectivity index (χ3n) is 5.15. The largest absolute Gasteiger partial charge is 0.378 e. The molecule has 2 saturated heterocycles. The van der Waals surface area contributed by atoms with E-state index in [4.69, 9.17) is 4.74 Å². The van der Waals surface area contributed by atoms with E-state index in [2.05, 4.69) is 0 Å². The molecule has 0 unspecified atom stereocenters. The summed E-state index contributed by atoms with van der Waals surface area (Å²) in [4.78, 5) is 16.4. The minimum Gasteiger partial charge on any atom is -0.378 e. The maximum atomic E-state index is 13.0. The van der Waals surface area contributed by atoms with E-state index in [0.717, 1.165) is 10.8 Å². The van der Waals surface area contributed by atoms with Crippen molar-refractivity contribution in [3.05, 3.63) is 42.5 Å². The number of ether oxygens (including phenoxy) is 1. The molecule has 0 bridgehead atoms. The first-order chi connectivity index (χ1) is 13.1. The van der Waals surface area contributed by atoms with Gasteiger partial charge in [0.2, 0.25) is 10.0 Å². The molecule has 2 aliphatic rings. The molecule has 7 nitrogen and oxygen atoms in total. The predicted octanol–water partition coefficient (Wildman–Crippen LogP) is 1.60. The van der Waals surface area contributed by atoms with E-state index >= 15 is 0 Å². The SMILES string of the molecule is O=C(N1CCOCC1)N1CCN(S(=O)(=O)c2ccc3ccccc3c2)CC1. The fourth-order valence-electron chi connectivity index (χ4n) is 3.55. The van der Waals surface area contributed by atoms with Crippen molar-refractivity contribution >= 4 is 26.8 Å². The molecule has 2 amide bonds. The Morgan fingerprint density at radius 1 is 0.815 bits per heavy atom. The van der Waals surface area contributed by atoms with E-state index in [1.807, 2.05) is 30.3 Å². The summed E-state index contributed by atoms with van der Waals surface area (Å²) < 4.78 is 32.8. The number of urea groups is 1. The van der Waals surface area contributed by atoms with Crippen LogP contribution in [0.15, 0.2) is 47.4 Å². The van der Waals surface area contributed by atoms with Crippen molar-refractivity contribution in [1.82, 2.24) is 14.1 Å². The zero-order valence-corrected chi connectivity index (χ0v) is 15.9. The first-order valence-corrected chi connectivity index (χ1v) is 10.6. The van der Waals surface area contributed by atoms with Crippen LogP contribution in [0.25, 0.3) is 10.8 Å². The summed E-state index contributed by atoms with van der Waals surface area (Å²) in [6, 6.07) is 12.9. The minimum atomic E-state index is -3.57. The second-order valence-electron chi connectivity index (χ2n) is 6.78. The highest BCUT2D eigenvalue weighted by atomic mass is 32.2. The van der Waals surface area contributed by atoms with E-state index in [9.17, 15) is 13.2 Å². The van der Waals surface area contributed by atoms with Gasteiger partial charge in [-0.2, -0.15) is 4.31 Å². The maximum Gasteiger partial charge on any atom is 0.320 e. The van der Waals surface area contributed by atoms with Gasteiger partial charge in [0.25, 0.3) is 0 Å². The second-order valence-corrected chi connectivity index (χ2v) is 8.72. The summed E-state index contributed by atoms with van der Waals surface area (Å²) in [6.45, 7) is 3.73. The molecule has 144 valence electrons. The van der Waals surface area contributed by atoms with E-state index in [0.29, 0.717) is 57.4 Å². The molecule has 4 rings (SSSR count). The molecule has 0 aliphatic carbocycles. The van der Waals surface area contributed by atoms with Gasteiger partial charge in [-0.15, -0.1) is 0 Å². The fraction of sp³-hybridized carbons (Fsp3) is 0.421. The van der Waals surface area contributed by atoms with Gasteiger partial charge in [0.1, 0.15) is 0 Å². The van der Waals surface area contributed by atoms with Crippen molar-refractivity contribution < 1.29 is 17.9 Å². The lowest BCUT2D eigenvalue weighted by Crippen LogP contribution is -2.55. The number of nitrogens with zero attached hydrogens (tertiary/aromatic N) is 3. The Hall–Kier alpha value is -2.16. The number of hydrogen-bond acceptors (Lipinski definition) is 4. The number of fused-ring (bicyclic) bond motifs is 1. The Morgan fingerprint density at radius 3 is 2.15 bits per heavy atom. The fourth-order valence-corrected chi connectivity index (χ4v) is 5.01. The number of carbonyl (C=O) groups is 1. The number of morpholine rings is 1. The van der Waals surface area contributed by atoms with Crippen LogP contribution in [0, 0.1) is 0 Å². The van der Waals surface area contributed by atoms with Crippen LogP contribution in [-0.2, 0) is 14.8 Å². The molecule has 0 aromatic heterocycles. The highest BCUT2D eigenvalue weighted by Gasteiger charge is 2.32. The number of rotatable bonds is 2. The zero-order chi connectivity index (χ0) is 18.9. The van der Waals surface area contributed by atoms with Crippen LogP contribution in [0.4, 0.5) is 4.79 Å². The summed E-state index contributed by atoms with van der Waals surface area (Å²) in [7, 11) is -3.57. The molecule has 0 saturated carbocycles.